The van der Waals surface area contributed by atoms with Gasteiger partial charge < -0.3 is 0 Å². The van der Waals surface area contributed by atoms with Gasteiger partial charge in [-0.05, 0) is 36.6 Å². The maximum absolute atomic E-state index is 10.5. The molecule has 0 spiro atoms. The van der Waals surface area contributed by atoms with Gasteiger partial charge in [0.2, 0.25) is 6.08 Å². The quantitative estimate of drug-likeness (QED) is 0.560. The van der Waals surface area contributed by atoms with E-state index in [-0.39, 0.29) is 0 Å². The van der Waals surface area contributed by atoms with Crippen molar-refractivity contribution < 1.29 is 4.79 Å². The van der Waals surface area contributed by atoms with Crippen LogP contribution >= 0.6 is 0 Å². The van der Waals surface area contributed by atoms with Crippen LogP contribution in [0.15, 0.2) is 47.5 Å². The lowest BCUT2D eigenvalue weighted by atomic mass is 9.95. The summed E-state index contributed by atoms with van der Waals surface area (Å²) < 4.78 is 0. The molecular weight excluding hydrogens is 210 g/mol. The van der Waals surface area contributed by atoms with Gasteiger partial charge in [0.25, 0.3) is 0 Å². The third kappa shape index (κ3) is 2.17. The number of isocyanates is 1. The summed E-state index contributed by atoms with van der Waals surface area (Å²) >= 11 is 0. The van der Waals surface area contributed by atoms with E-state index in [1.54, 1.807) is 6.08 Å². The van der Waals surface area contributed by atoms with E-state index in [9.17, 15) is 4.79 Å². The minimum absolute atomic E-state index is 0.675. The molecule has 0 radical (unpaired) electrons. The molecule has 0 heterocycles. The Kier molecular flexibility index (Phi) is 3.17. The first-order valence-electron chi connectivity index (χ1n) is 5.47. The Bertz CT molecular complexity index is 596. The number of benzene rings is 2. The zero-order valence-electron chi connectivity index (χ0n) is 9.90. The Balaban J connectivity index is 2.74. The average molecular weight is 223 g/mol. The number of carbonyl (C=O) groups excluding carboxylic acids is 1. The summed E-state index contributed by atoms with van der Waals surface area (Å²) in [6, 6.07) is 13.8. The van der Waals surface area contributed by atoms with Crippen LogP contribution in [0.4, 0.5) is 5.69 Å². The molecule has 2 nitrogen and oxygen atoms in total. The second kappa shape index (κ2) is 4.77. The summed E-state index contributed by atoms with van der Waals surface area (Å²) in [6.45, 7) is 4.07. The molecule has 0 saturated carbocycles. The van der Waals surface area contributed by atoms with E-state index in [0.717, 1.165) is 16.7 Å². The van der Waals surface area contributed by atoms with Crippen LogP contribution < -0.4 is 0 Å². The average Bonchev–Trinajstić information content (AvgIpc) is 2.31. The maximum Gasteiger partial charge on any atom is 0.240 e. The molecule has 2 heteroatoms. The Labute approximate surface area is 101 Å². The van der Waals surface area contributed by atoms with E-state index in [2.05, 4.69) is 18.0 Å². The summed E-state index contributed by atoms with van der Waals surface area (Å²) in [5, 5.41) is 0. The van der Waals surface area contributed by atoms with Crippen LogP contribution in [0, 0.1) is 13.8 Å². The second-order valence-corrected chi connectivity index (χ2v) is 3.99. The summed E-state index contributed by atoms with van der Waals surface area (Å²) in [5.74, 6) is 0. The molecular formula is C15H13NO. The molecule has 0 N–H and O–H groups in total. The first-order valence-corrected chi connectivity index (χ1v) is 5.47. The fraction of sp³-hybridized carbons (Fsp3) is 0.133. The summed E-state index contributed by atoms with van der Waals surface area (Å²) in [6.07, 6.45) is 1.62. The van der Waals surface area contributed by atoms with Crippen LogP contribution in [-0.4, -0.2) is 6.08 Å². The molecule has 84 valence electrons. The van der Waals surface area contributed by atoms with Gasteiger partial charge in [0, 0.05) is 5.56 Å². The van der Waals surface area contributed by atoms with Gasteiger partial charge in [-0.1, -0.05) is 36.4 Å². The van der Waals surface area contributed by atoms with Crippen molar-refractivity contribution in [3.05, 3.63) is 53.6 Å². The van der Waals surface area contributed by atoms with Gasteiger partial charge >= 0.3 is 0 Å². The summed E-state index contributed by atoms with van der Waals surface area (Å²) in [7, 11) is 0. The number of aryl methyl sites for hydroxylation is 2. The lowest BCUT2D eigenvalue weighted by molar-refractivity contribution is 0.565. The largest absolute Gasteiger partial charge is 0.240 e. The van der Waals surface area contributed by atoms with Crippen molar-refractivity contribution in [2.45, 2.75) is 13.8 Å². The highest BCUT2D eigenvalue weighted by atomic mass is 16.1. The van der Waals surface area contributed by atoms with Crippen molar-refractivity contribution in [2.75, 3.05) is 0 Å². The molecule has 2 aromatic rings. The normalized spacial score (nSPS) is 9.76. The van der Waals surface area contributed by atoms with Crippen LogP contribution in [0.1, 0.15) is 11.1 Å². The first kappa shape index (κ1) is 11.3. The van der Waals surface area contributed by atoms with Crippen LogP contribution in [0.2, 0.25) is 0 Å². The molecule has 0 fully saturated rings. The van der Waals surface area contributed by atoms with Crippen LogP contribution in [0.25, 0.3) is 11.1 Å². The maximum atomic E-state index is 10.5. The van der Waals surface area contributed by atoms with Crippen molar-refractivity contribution in [2.24, 2.45) is 4.99 Å². The van der Waals surface area contributed by atoms with E-state index in [4.69, 9.17) is 0 Å². The predicted octanol–water partition coefficient (Wildman–Crippen LogP) is 3.94. The summed E-state index contributed by atoms with van der Waals surface area (Å²) in [5.41, 5.74) is 5.07. The fourth-order valence-corrected chi connectivity index (χ4v) is 2.00. The van der Waals surface area contributed by atoms with Gasteiger partial charge in [-0.25, -0.2) is 4.79 Å². The van der Waals surface area contributed by atoms with Crippen LogP contribution in [0.5, 0.6) is 0 Å². The van der Waals surface area contributed by atoms with E-state index < -0.39 is 0 Å². The van der Waals surface area contributed by atoms with Crippen molar-refractivity contribution >= 4 is 11.8 Å². The molecule has 0 aliphatic carbocycles. The SMILES string of the molecule is Cc1ccccc1-c1c(C)cccc1N=C=O. The Morgan fingerprint density at radius 2 is 1.65 bits per heavy atom. The predicted molar refractivity (Wildman–Crippen MR) is 69.1 cm³/mol. The minimum atomic E-state index is 0.675. The first-order chi connectivity index (χ1) is 8.24. The van der Waals surface area contributed by atoms with Crippen molar-refractivity contribution in [3.63, 3.8) is 0 Å². The van der Waals surface area contributed by atoms with Crippen molar-refractivity contribution in [3.8, 4) is 11.1 Å². The van der Waals surface area contributed by atoms with Gasteiger partial charge in [0.1, 0.15) is 0 Å². The summed E-state index contributed by atoms with van der Waals surface area (Å²) in [4.78, 5) is 14.2. The van der Waals surface area contributed by atoms with Crippen LogP contribution in [0.3, 0.4) is 0 Å². The Hall–Kier alpha value is -2.18. The molecule has 0 atom stereocenters. The fourth-order valence-electron chi connectivity index (χ4n) is 2.00. The Morgan fingerprint density at radius 3 is 2.35 bits per heavy atom. The zero-order chi connectivity index (χ0) is 12.3. The number of rotatable bonds is 2. The van der Waals surface area contributed by atoms with E-state index in [0.29, 0.717) is 5.69 Å². The monoisotopic (exact) mass is 223 g/mol. The lowest BCUT2D eigenvalue weighted by Gasteiger charge is -2.11. The molecule has 0 unspecified atom stereocenters. The van der Waals surface area contributed by atoms with E-state index >= 15 is 0 Å². The Morgan fingerprint density at radius 1 is 0.941 bits per heavy atom. The molecule has 0 aromatic heterocycles. The molecule has 17 heavy (non-hydrogen) atoms. The zero-order valence-corrected chi connectivity index (χ0v) is 9.90. The van der Waals surface area contributed by atoms with Crippen molar-refractivity contribution in [1.29, 1.82) is 0 Å². The third-order valence-corrected chi connectivity index (χ3v) is 2.83. The molecule has 0 saturated heterocycles. The highest BCUT2D eigenvalue weighted by Gasteiger charge is 2.09. The van der Waals surface area contributed by atoms with Gasteiger partial charge in [-0.15, -0.1) is 0 Å². The van der Waals surface area contributed by atoms with Gasteiger partial charge in [0.15, 0.2) is 0 Å². The molecule has 0 bridgehead atoms. The van der Waals surface area contributed by atoms with Crippen molar-refractivity contribution in [1.82, 2.24) is 0 Å². The highest BCUT2D eigenvalue weighted by Crippen LogP contribution is 2.34. The van der Waals surface area contributed by atoms with Crippen LogP contribution in [-0.2, 0) is 4.79 Å². The number of nitrogens with zero attached hydrogens (tertiary/aromatic N) is 1. The number of hydrogen-bond acceptors (Lipinski definition) is 2. The number of aliphatic imine (C=N–C) groups is 1. The second-order valence-electron chi connectivity index (χ2n) is 3.99. The molecule has 2 aromatic carbocycles. The minimum Gasteiger partial charge on any atom is -0.211 e. The van der Waals surface area contributed by atoms with E-state index in [1.807, 2.05) is 43.3 Å². The smallest absolute Gasteiger partial charge is 0.211 e. The molecule has 0 aliphatic heterocycles. The third-order valence-electron chi connectivity index (χ3n) is 2.83. The molecule has 2 rings (SSSR count). The van der Waals surface area contributed by atoms with Gasteiger partial charge in [-0.2, -0.15) is 4.99 Å². The van der Waals surface area contributed by atoms with Gasteiger partial charge in [-0.3, -0.25) is 0 Å². The molecule has 0 aliphatic rings. The standard InChI is InChI=1S/C15H13NO/c1-11-6-3-4-8-13(11)15-12(2)7-5-9-14(15)16-10-17/h3-9H,1-2H3. The van der Waals surface area contributed by atoms with Gasteiger partial charge in [0.05, 0.1) is 5.69 Å². The lowest BCUT2D eigenvalue weighted by Crippen LogP contribution is -1.87. The van der Waals surface area contributed by atoms with E-state index in [1.165, 1.54) is 5.56 Å². The topological polar surface area (TPSA) is 29.4 Å². The number of hydrogen-bond donors (Lipinski definition) is 0. The molecule has 0 amide bonds. The highest BCUT2D eigenvalue weighted by molar-refractivity contribution is 5.81.